The highest BCUT2D eigenvalue weighted by molar-refractivity contribution is 6.21. The smallest absolute Gasteiger partial charge is 0.261 e. The zero-order valence-electron chi connectivity index (χ0n) is 12.7. The quantitative estimate of drug-likeness (QED) is 0.791. The van der Waals surface area contributed by atoms with Crippen LogP contribution >= 0.6 is 0 Å². The molecule has 0 N–H and O–H groups in total. The number of imide groups is 1. The summed E-state index contributed by atoms with van der Waals surface area (Å²) in [6.07, 6.45) is 1.51. The Hall–Kier alpha value is -2.68. The van der Waals surface area contributed by atoms with E-state index in [-0.39, 0.29) is 36.6 Å². The van der Waals surface area contributed by atoms with Crippen molar-refractivity contribution in [1.29, 1.82) is 5.26 Å². The third-order valence-electron chi connectivity index (χ3n) is 4.46. The number of benzene rings is 1. The fourth-order valence-corrected chi connectivity index (χ4v) is 3.07. The first-order chi connectivity index (χ1) is 11.1. The molecular formula is C17H17N3O3. The fourth-order valence-electron chi connectivity index (χ4n) is 3.07. The molecule has 0 saturated carbocycles. The molecule has 0 atom stereocenters. The highest BCUT2D eigenvalue weighted by atomic mass is 16.2. The van der Waals surface area contributed by atoms with Crippen LogP contribution in [0.5, 0.6) is 0 Å². The van der Waals surface area contributed by atoms with Gasteiger partial charge in [-0.1, -0.05) is 12.1 Å². The van der Waals surface area contributed by atoms with E-state index in [0.717, 1.165) is 4.90 Å². The van der Waals surface area contributed by atoms with Gasteiger partial charge < -0.3 is 4.90 Å². The maximum Gasteiger partial charge on any atom is 0.261 e. The van der Waals surface area contributed by atoms with Crippen molar-refractivity contribution in [1.82, 2.24) is 9.80 Å². The Kier molecular flexibility index (Phi) is 4.11. The lowest BCUT2D eigenvalue weighted by molar-refractivity contribution is -0.132. The molecule has 3 rings (SSSR count). The third kappa shape index (κ3) is 2.82. The Balaban J connectivity index is 1.58. The van der Waals surface area contributed by atoms with Crippen LogP contribution in [-0.4, -0.2) is 47.2 Å². The van der Waals surface area contributed by atoms with Crippen LogP contribution in [0.4, 0.5) is 0 Å². The van der Waals surface area contributed by atoms with Gasteiger partial charge in [-0.25, -0.2) is 0 Å². The first-order valence-corrected chi connectivity index (χ1v) is 7.74. The number of carbonyl (C=O) groups excluding carboxylic acids is 3. The van der Waals surface area contributed by atoms with Crippen LogP contribution in [0.3, 0.4) is 0 Å². The summed E-state index contributed by atoms with van der Waals surface area (Å²) in [5, 5.41) is 8.87. The molecular weight excluding hydrogens is 294 g/mol. The average molecular weight is 311 g/mol. The van der Waals surface area contributed by atoms with E-state index < -0.39 is 0 Å². The number of amides is 3. The van der Waals surface area contributed by atoms with Crippen molar-refractivity contribution >= 4 is 17.7 Å². The van der Waals surface area contributed by atoms with Crippen LogP contribution in [0.2, 0.25) is 0 Å². The van der Waals surface area contributed by atoms with E-state index in [0.29, 0.717) is 37.1 Å². The van der Waals surface area contributed by atoms with Crippen molar-refractivity contribution in [3.8, 4) is 6.07 Å². The Bertz CT molecular complexity index is 664. The summed E-state index contributed by atoms with van der Waals surface area (Å²) in [6, 6.07) is 8.92. The van der Waals surface area contributed by atoms with E-state index in [1.807, 2.05) is 0 Å². The van der Waals surface area contributed by atoms with E-state index in [1.54, 1.807) is 29.2 Å². The summed E-state index contributed by atoms with van der Waals surface area (Å²) in [7, 11) is 0. The van der Waals surface area contributed by atoms with Gasteiger partial charge in [-0.15, -0.1) is 0 Å². The lowest BCUT2D eigenvalue weighted by atomic mass is 9.98. The lowest BCUT2D eigenvalue weighted by Gasteiger charge is -2.29. The Morgan fingerprint density at radius 1 is 1.13 bits per heavy atom. The molecule has 1 fully saturated rings. The van der Waals surface area contributed by atoms with Crippen molar-refractivity contribution in [3.05, 3.63) is 35.4 Å². The molecule has 1 aromatic rings. The van der Waals surface area contributed by atoms with Gasteiger partial charge in [0.05, 0.1) is 17.2 Å². The minimum atomic E-state index is -0.332. The van der Waals surface area contributed by atoms with Crippen molar-refractivity contribution < 1.29 is 14.4 Å². The number of nitrogens with zero attached hydrogens (tertiary/aromatic N) is 3. The second-order valence-electron chi connectivity index (χ2n) is 5.84. The van der Waals surface area contributed by atoms with E-state index >= 15 is 0 Å². The Morgan fingerprint density at radius 2 is 1.70 bits per heavy atom. The van der Waals surface area contributed by atoms with Crippen LogP contribution < -0.4 is 0 Å². The molecule has 6 nitrogen and oxygen atoms in total. The minimum absolute atomic E-state index is 0.0234. The van der Waals surface area contributed by atoms with Gasteiger partial charge in [-0.2, -0.15) is 5.26 Å². The molecule has 2 aliphatic rings. The zero-order chi connectivity index (χ0) is 16.4. The van der Waals surface area contributed by atoms with E-state index in [4.69, 9.17) is 5.26 Å². The average Bonchev–Trinajstić information content (AvgIpc) is 2.84. The van der Waals surface area contributed by atoms with Gasteiger partial charge >= 0.3 is 0 Å². The summed E-state index contributed by atoms with van der Waals surface area (Å²) < 4.78 is 0. The molecule has 0 spiro atoms. The van der Waals surface area contributed by atoms with Gasteiger partial charge in [0.15, 0.2) is 0 Å². The van der Waals surface area contributed by atoms with E-state index in [1.165, 1.54) is 0 Å². The molecule has 3 amide bonds. The summed E-state index contributed by atoms with van der Waals surface area (Å²) in [6.45, 7) is 1.24. The predicted octanol–water partition coefficient (Wildman–Crippen LogP) is 1.43. The molecule has 23 heavy (non-hydrogen) atoms. The number of hydrogen-bond donors (Lipinski definition) is 0. The highest BCUT2D eigenvalue weighted by Gasteiger charge is 2.35. The second-order valence-corrected chi connectivity index (χ2v) is 5.84. The standard InChI is InChI=1S/C17H17N3O3/c18-11-12-5-8-19(9-6-12)15(21)7-10-20-16(22)13-3-1-2-4-14(13)17(20)23/h1-4,12H,5-10H2. The van der Waals surface area contributed by atoms with Gasteiger partial charge in [-0.05, 0) is 25.0 Å². The molecule has 0 bridgehead atoms. The topological polar surface area (TPSA) is 81.5 Å². The van der Waals surface area contributed by atoms with E-state index in [2.05, 4.69) is 6.07 Å². The molecule has 1 aromatic carbocycles. The number of piperidine rings is 1. The monoisotopic (exact) mass is 311 g/mol. The van der Waals surface area contributed by atoms with Gasteiger partial charge in [-0.3, -0.25) is 19.3 Å². The van der Waals surface area contributed by atoms with Gasteiger partial charge in [0.1, 0.15) is 0 Å². The van der Waals surface area contributed by atoms with Crippen LogP contribution in [-0.2, 0) is 4.79 Å². The summed E-state index contributed by atoms with van der Waals surface area (Å²) in [5.41, 5.74) is 0.805. The number of carbonyl (C=O) groups is 3. The molecule has 2 aliphatic heterocycles. The highest BCUT2D eigenvalue weighted by Crippen LogP contribution is 2.23. The maximum atomic E-state index is 12.2. The maximum absolute atomic E-state index is 12.2. The van der Waals surface area contributed by atoms with Crippen molar-refractivity contribution in [2.45, 2.75) is 19.3 Å². The molecule has 118 valence electrons. The predicted molar refractivity (Wildman–Crippen MR) is 81.3 cm³/mol. The van der Waals surface area contributed by atoms with Crippen LogP contribution in [0.15, 0.2) is 24.3 Å². The molecule has 0 unspecified atom stereocenters. The van der Waals surface area contributed by atoms with E-state index in [9.17, 15) is 14.4 Å². The first kappa shape index (κ1) is 15.2. The zero-order valence-corrected chi connectivity index (χ0v) is 12.7. The van der Waals surface area contributed by atoms with Crippen molar-refractivity contribution in [3.63, 3.8) is 0 Å². The lowest BCUT2D eigenvalue weighted by Crippen LogP contribution is -2.40. The van der Waals surface area contributed by atoms with Crippen LogP contribution in [0.25, 0.3) is 0 Å². The largest absolute Gasteiger partial charge is 0.343 e. The summed E-state index contributed by atoms with van der Waals surface area (Å²) >= 11 is 0. The molecule has 0 aliphatic carbocycles. The number of nitriles is 1. The number of fused-ring (bicyclic) bond motifs is 1. The molecule has 0 radical (unpaired) electrons. The van der Waals surface area contributed by atoms with Crippen molar-refractivity contribution in [2.75, 3.05) is 19.6 Å². The van der Waals surface area contributed by atoms with Crippen LogP contribution in [0.1, 0.15) is 40.0 Å². The minimum Gasteiger partial charge on any atom is -0.343 e. The van der Waals surface area contributed by atoms with Crippen molar-refractivity contribution in [2.24, 2.45) is 5.92 Å². The number of rotatable bonds is 3. The second kappa shape index (κ2) is 6.21. The number of hydrogen-bond acceptors (Lipinski definition) is 4. The molecule has 1 saturated heterocycles. The number of likely N-dealkylation sites (tertiary alicyclic amines) is 1. The first-order valence-electron chi connectivity index (χ1n) is 7.74. The Morgan fingerprint density at radius 3 is 2.22 bits per heavy atom. The molecule has 6 heteroatoms. The fraction of sp³-hybridized carbons (Fsp3) is 0.412. The third-order valence-corrected chi connectivity index (χ3v) is 4.46. The van der Waals surface area contributed by atoms with Gasteiger partial charge in [0.25, 0.3) is 11.8 Å². The SMILES string of the molecule is N#CC1CCN(C(=O)CCN2C(=O)c3ccccc3C2=O)CC1. The Labute approximate surface area is 134 Å². The summed E-state index contributed by atoms with van der Waals surface area (Å²) in [5.74, 6) is -0.712. The van der Waals surface area contributed by atoms with Gasteiger partial charge in [0, 0.05) is 32.0 Å². The van der Waals surface area contributed by atoms with Crippen LogP contribution in [0, 0.1) is 17.2 Å². The van der Waals surface area contributed by atoms with Gasteiger partial charge in [0.2, 0.25) is 5.91 Å². The molecule has 2 heterocycles. The summed E-state index contributed by atoms with van der Waals surface area (Å²) in [4.78, 5) is 39.5. The molecule has 0 aromatic heterocycles. The normalized spacial score (nSPS) is 18.0.